The van der Waals surface area contributed by atoms with E-state index in [4.69, 9.17) is 5.11 Å². The van der Waals surface area contributed by atoms with Crippen molar-refractivity contribution in [2.45, 2.75) is 31.9 Å². The van der Waals surface area contributed by atoms with Gasteiger partial charge in [0.2, 0.25) is 0 Å². The molecule has 2 rings (SSSR count). The van der Waals surface area contributed by atoms with Gasteiger partial charge in [-0.05, 0) is 30.9 Å². The van der Waals surface area contributed by atoms with E-state index in [-0.39, 0.29) is 6.61 Å². The molecule has 1 aliphatic carbocycles. The molecule has 3 heteroatoms. The third kappa shape index (κ3) is 1.73. The summed E-state index contributed by atoms with van der Waals surface area (Å²) in [6.45, 7) is 0.0699. The monoisotopic (exact) mass is 192 g/mol. The molecule has 14 heavy (non-hydrogen) atoms. The van der Waals surface area contributed by atoms with Gasteiger partial charge in [0.15, 0.2) is 0 Å². The quantitative estimate of drug-likeness (QED) is 0.789. The average Bonchev–Trinajstić information content (AvgIpc) is 2.15. The van der Waals surface area contributed by atoms with Crippen molar-refractivity contribution >= 4 is 5.82 Å². The highest BCUT2D eigenvalue weighted by atomic mass is 16.3. The molecular formula is C11H16N2O. The first-order valence-corrected chi connectivity index (χ1v) is 5.10. The number of aliphatic hydroxyl groups is 1. The van der Waals surface area contributed by atoms with Gasteiger partial charge >= 0.3 is 0 Å². The molecule has 3 nitrogen and oxygen atoms in total. The Hall–Kier alpha value is -1.09. The molecule has 0 aromatic carbocycles. The Bertz CT molecular complexity index is 293. The van der Waals surface area contributed by atoms with E-state index in [2.05, 4.69) is 16.9 Å². The fraction of sp³-hybridized carbons (Fsp3) is 0.545. The Kier molecular flexibility index (Phi) is 2.68. The van der Waals surface area contributed by atoms with Crippen molar-refractivity contribution in [1.29, 1.82) is 0 Å². The van der Waals surface area contributed by atoms with Crippen LogP contribution < -0.4 is 4.90 Å². The molecule has 0 aliphatic heterocycles. The van der Waals surface area contributed by atoms with Crippen LogP contribution in [0, 0.1) is 0 Å². The van der Waals surface area contributed by atoms with Crippen LogP contribution >= 0.6 is 0 Å². The lowest BCUT2D eigenvalue weighted by atomic mass is 9.92. The van der Waals surface area contributed by atoms with Crippen LogP contribution in [0.2, 0.25) is 0 Å². The van der Waals surface area contributed by atoms with Gasteiger partial charge in [-0.3, -0.25) is 0 Å². The van der Waals surface area contributed by atoms with Gasteiger partial charge in [-0.25, -0.2) is 4.98 Å². The van der Waals surface area contributed by atoms with Gasteiger partial charge in [0.25, 0.3) is 0 Å². The highest BCUT2D eigenvalue weighted by Gasteiger charge is 2.22. The smallest absolute Gasteiger partial charge is 0.128 e. The summed E-state index contributed by atoms with van der Waals surface area (Å²) in [5, 5.41) is 8.88. The maximum atomic E-state index is 8.88. The van der Waals surface area contributed by atoms with E-state index in [0.717, 1.165) is 11.4 Å². The second-order valence-corrected chi connectivity index (χ2v) is 3.88. The summed E-state index contributed by atoms with van der Waals surface area (Å²) in [5.74, 6) is 1.01. The van der Waals surface area contributed by atoms with Crippen LogP contribution in [-0.2, 0) is 6.61 Å². The molecule has 1 saturated carbocycles. The molecule has 0 atom stereocenters. The van der Waals surface area contributed by atoms with Crippen molar-refractivity contribution in [3.63, 3.8) is 0 Å². The van der Waals surface area contributed by atoms with Crippen molar-refractivity contribution in [1.82, 2.24) is 4.98 Å². The molecule has 0 saturated heterocycles. The minimum atomic E-state index is 0.0699. The zero-order chi connectivity index (χ0) is 9.97. The summed E-state index contributed by atoms with van der Waals surface area (Å²) in [7, 11) is 2.09. The average molecular weight is 192 g/mol. The van der Waals surface area contributed by atoms with Crippen LogP contribution in [0.3, 0.4) is 0 Å². The molecule has 76 valence electrons. The lowest BCUT2D eigenvalue weighted by Crippen LogP contribution is -2.37. The summed E-state index contributed by atoms with van der Waals surface area (Å²) >= 11 is 0. The van der Waals surface area contributed by atoms with Crippen LogP contribution in [0.25, 0.3) is 0 Å². The molecule has 0 bridgehead atoms. The molecule has 0 unspecified atom stereocenters. The van der Waals surface area contributed by atoms with Gasteiger partial charge in [-0.1, -0.05) is 6.07 Å². The highest BCUT2D eigenvalue weighted by Crippen LogP contribution is 2.26. The maximum Gasteiger partial charge on any atom is 0.128 e. The first-order valence-electron chi connectivity index (χ1n) is 5.10. The SMILES string of the molecule is CN(c1ccc(CO)cn1)C1CCC1. The number of anilines is 1. The largest absolute Gasteiger partial charge is 0.392 e. The summed E-state index contributed by atoms with van der Waals surface area (Å²) in [6, 6.07) is 4.57. The molecule has 1 heterocycles. The standard InChI is InChI=1S/C11H16N2O/c1-13(10-3-2-4-10)11-6-5-9(8-14)7-12-11/h5-7,10,14H,2-4,8H2,1H3. The van der Waals surface area contributed by atoms with E-state index in [1.807, 2.05) is 12.1 Å². The fourth-order valence-electron chi connectivity index (χ4n) is 1.68. The molecule has 0 amide bonds. The normalized spacial score (nSPS) is 16.4. The first-order chi connectivity index (χ1) is 6.81. The predicted molar refractivity (Wildman–Crippen MR) is 56.2 cm³/mol. The highest BCUT2D eigenvalue weighted by molar-refractivity contribution is 5.40. The molecule has 1 N–H and O–H groups in total. The Labute approximate surface area is 84.4 Å². The van der Waals surface area contributed by atoms with Crippen molar-refractivity contribution in [3.05, 3.63) is 23.9 Å². The van der Waals surface area contributed by atoms with Gasteiger partial charge in [0.1, 0.15) is 5.82 Å². The summed E-state index contributed by atoms with van der Waals surface area (Å²) in [5.41, 5.74) is 0.871. The van der Waals surface area contributed by atoms with Crippen molar-refractivity contribution in [3.8, 4) is 0 Å². The van der Waals surface area contributed by atoms with Crippen molar-refractivity contribution < 1.29 is 5.11 Å². The summed E-state index contributed by atoms with van der Waals surface area (Å²) in [4.78, 5) is 6.55. The van der Waals surface area contributed by atoms with E-state index in [9.17, 15) is 0 Å². The minimum absolute atomic E-state index is 0.0699. The Morgan fingerprint density at radius 3 is 2.71 bits per heavy atom. The lowest BCUT2D eigenvalue weighted by Gasteiger charge is -2.35. The topological polar surface area (TPSA) is 36.4 Å². The third-order valence-electron chi connectivity index (χ3n) is 2.98. The lowest BCUT2D eigenvalue weighted by molar-refractivity contribution is 0.281. The van der Waals surface area contributed by atoms with E-state index in [1.54, 1.807) is 6.20 Å². The zero-order valence-electron chi connectivity index (χ0n) is 8.48. The number of aromatic nitrogens is 1. The number of hydrogen-bond acceptors (Lipinski definition) is 3. The van der Waals surface area contributed by atoms with Crippen molar-refractivity contribution in [2.24, 2.45) is 0 Å². The van der Waals surface area contributed by atoms with Gasteiger partial charge < -0.3 is 10.0 Å². The molecule has 1 aliphatic rings. The van der Waals surface area contributed by atoms with Gasteiger partial charge in [0.05, 0.1) is 6.61 Å². The van der Waals surface area contributed by atoms with E-state index in [0.29, 0.717) is 6.04 Å². The van der Waals surface area contributed by atoms with Crippen LogP contribution in [0.15, 0.2) is 18.3 Å². The van der Waals surface area contributed by atoms with Crippen molar-refractivity contribution in [2.75, 3.05) is 11.9 Å². The summed E-state index contributed by atoms with van der Waals surface area (Å²) in [6.07, 6.45) is 5.63. The van der Waals surface area contributed by atoms with E-state index < -0.39 is 0 Å². The molecule has 1 fully saturated rings. The second kappa shape index (κ2) is 3.96. The zero-order valence-corrected chi connectivity index (χ0v) is 8.48. The Morgan fingerprint density at radius 1 is 1.50 bits per heavy atom. The molecule has 0 radical (unpaired) electrons. The maximum absolute atomic E-state index is 8.88. The van der Waals surface area contributed by atoms with E-state index >= 15 is 0 Å². The molecule has 1 aromatic rings. The number of rotatable bonds is 3. The number of pyridine rings is 1. The van der Waals surface area contributed by atoms with Crippen LogP contribution in [0.5, 0.6) is 0 Å². The van der Waals surface area contributed by atoms with Crippen LogP contribution in [0.4, 0.5) is 5.82 Å². The number of aliphatic hydroxyl groups excluding tert-OH is 1. The number of nitrogens with zero attached hydrogens (tertiary/aromatic N) is 2. The Balaban J connectivity index is 2.07. The molecular weight excluding hydrogens is 176 g/mol. The van der Waals surface area contributed by atoms with Crippen LogP contribution in [-0.4, -0.2) is 23.2 Å². The van der Waals surface area contributed by atoms with Gasteiger partial charge in [-0.2, -0.15) is 0 Å². The first kappa shape index (κ1) is 9.46. The van der Waals surface area contributed by atoms with E-state index in [1.165, 1.54) is 19.3 Å². The predicted octanol–water partition coefficient (Wildman–Crippen LogP) is 1.56. The number of hydrogen-bond donors (Lipinski definition) is 1. The third-order valence-corrected chi connectivity index (χ3v) is 2.98. The fourth-order valence-corrected chi connectivity index (χ4v) is 1.68. The summed E-state index contributed by atoms with van der Waals surface area (Å²) < 4.78 is 0. The van der Waals surface area contributed by atoms with Gasteiger partial charge in [-0.15, -0.1) is 0 Å². The Morgan fingerprint density at radius 2 is 2.29 bits per heavy atom. The van der Waals surface area contributed by atoms with Gasteiger partial charge in [0, 0.05) is 19.3 Å². The molecule has 0 spiro atoms. The second-order valence-electron chi connectivity index (χ2n) is 3.88. The van der Waals surface area contributed by atoms with Crippen LogP contribution in [0.1, 0.15) is 24.8 Å². The molecule has 1 aromatic heterocycles. The minimum Gasteiger partial charge on any atom is -0.392 e.